The van der Waals surface area contributed by atoms with Crippen LogP contribution in [-0.2, 0) is 0 Å². The Kier molecular flexibility index (Phi) is 5.69. The first-order valence-corrected chi connectivity index (χ1v) is 10.7. The van der Waals surface area contributed by atoms with E-state index in [1.54, 1.807) is 0 Å². The van der Waals surface area contributed by atoms with Crippen LogP contribution in [0.25, 0.3) is 32.3 Å². The van der Waals surface area contributed by atoms with Crippen molar-refractivity contribution in [1.82, 2.24) is 0 Å². The normalized spacial score (nSPS) is 11.1. The van der Waals surface area contributed by atoms with Gasteiger partial charge >= 0.3 is 0 Å². The van der Waals surface area contributed by atoms with Crippen LogP contribution >= 0.6 is 0 Å². The van der Waals surface area contributed by atoms with Crippen molar-refractivity contribution in [3.63, 3.8) is 0 Å². The molecule has 0 aliphatic rings. The van der Waals surface area contributed by atoms with Crippen LogP contribution in [0.2, 0.25) is 0 Å². The fraction of sp³-hybridized carbons (Fsp3) is 0.286. The number of hydrogen-bond donors (Lipinski definition) is 0. The predicted octanol–water partition coefficient (Wildman–Crippen LogP) is 6.90. The summed E-state index contributed by atoms with van der Waals surface area (Å²) in [5.41, 5.74) is 1.74. The first kappa shape index (κ1) is 19.9. The summed E-state index contributed by atoms with van der Waals surface area (Å²) in [6, 6.07) is 12.3. The summed E-state index contributed by atoms with van der Waals surface area (Å²) in [5, 5.41) is 6.34. The Hall–Kier alpha value is -3.36. The van der Waals surface area contributed by atoms with E-state index in [0.29, 0.717) is 13.2 Å². The molecule has 0 unspecified atom stereocenters. The van der Waals surface area contributed by atoms with Gasteiger partial charge in [-0.2, -0.15) is 0 Å². The quantitative estimate of drug-likeness (QED) is 0.184. The number of ether oxygens (including phenoxy) is 2. The second kappa shape index (κ2) is 8.56. The molecule has 4 rings (SSSR count). The summed E-state index contributed by atoms with van der Waals surface area (Å²) in [6.45, 7) is 5.63. The molecular weight excluding hydrogens is 368 g/mol. The molecule has 30 heavy (non-hydrogen) atoms. The van der Waals surface area contributed by atoms with Crippen LogP contribution < -0.4 is 9.47 Å². The van der Waals surface area contributed by atoms with Crippen molar-refractivity contribution < 1.29 is 9.47 Å². The van der Waals surface area contributed by atoms with Gasteiger partial charge in [0, 0.05) is 32.7 Å². The lowest BCUT2D eigenvalue weighted by atomic mass is 9.89. The SMILES string of the molecule is C#Cc1ccc2c(OCCCC)c(OCCCC)c3ccc(C#C)c4ccc1c2c43. The molecule has 4 aromatic carbocycles. The van der Waals surface area contributed by atoms with E-state index >= 15 is 0 Å². The molecule has 0 saturated heterocycles. The molecule has 0 bridgehead atoms. The Balaban J connectivity index is 2.12. The van der Waals surface area contributed by atoms with Crippen LogP contribution in [-0.4, -0.2) is 13.2 Å². The number of rotatable bonds is 8. The van der Waals surface area contributed by atoms with Gasteiger partial charge in [0.15, 0.2) is 11.5 Å². The minimum absolute atomic E-state index is 0.651. The molecule has 0 saturated carbocycles. The van der Waals surface area contributed by atoms with Crippen LogP contribution in [0.1, 0.15) is 50.7 Å². The molecule has 0 aliphatic heterocycles. The lowest BCUT2D eigenvalue weighted by Crippen LogP contribution is -2.04. The van der Waals surface area contributed by atoms with E-state index < -0.39 is 0 Å². The molecule has 150 valence electrons. The van der Waals surface area contributed by atoms with Crippen molar-refractivity contribution >= 4 is 32.3 Å². The number of terminal acetylenes is 2. The smallest absolute Gasteiger partial charge is 0.169 e. The van der Waals surface area contributed by atoms with Crippen LogP contribution in [0.5, 0.6) is 11.5 Å². The Morgan fingerprint density at radius 1 is 0.633 bits per heavy atom. The van der Waals surface area contributed by atoms with Gasteiger partial charge in [-0.3, -0.25) is 0 Å². The van der Waals surface area contributed by atoms with Gasteiger partial charge < -0.3 is 9.47 Å². The van der Waals surface area contributed by atoms with Crippen molar-refractivity contribution in [2.45, 2.75) is 39.5 Å². The molecule has 0 N–H and O–H groups in total. The standard InChI is InChI=1S/C28H26O2/c1-5-9-17-29-27-23-13-11-19(7-3)21-15-16-22-20(8-4)12-14-24(26(22)25(21)23)28(27)30-18-10-6-2/h3-4,11-16H,5-6,9-10,17-18H2,1-2H3. The second-order valence-corrected chi connectivity index (χ2v) is 7.58. The van der Waals surface area contributed by atoms with Crippen molar-refractivity contribution in [1.29, 1.82) is 0 Å². The van der Waals surface area contributed by atoms with E-state index in [-0.39, 0.29) is 0 Å². The first-order chi connectivity index (χ1) is 14.7. The van der Waals surface area contributed by atoms with Crippen molar-refractivity contribution in [3.8, 4) is 36.2 Å². The average Bonchev–Trinajstić information content (AvgIpc) is 2.78. The molecule has 0 aliphatic carbocycles. The van der Waals surface area contributed by atoms with Crippen LogP contribution in [0.3, 0.4) is 0 Å². The molecule has 0 amide bonds. The highest BCUT2D eigenvalue weighted by molar-refractivity contribution is 6.28. The Morgan fingerprint density at radius 2 is 1.03 bits per heavy atom. The monoisotopic (exact) mass is 394 g/mol. The summed E-state index contributed by atoms with van der Waals surface area (Å²) in [4.78, 5) is 0. The number of hydrogen-bond acceptors (Lipinski definition) is 2. The predicted molar refractivity (Wildman–Crippen MR) is 127 cm³/mol. The number of unbranched alkanes of at least 4 members (excludes halogenated alkanes) is 2. The van der Waals surface area contributed by atoms with E-state index in [9.17, 15) is 0 Å². The highest BCUT2D eigenvalue weighted by atomic mass is 16.5. The molecule has 0 radical (unpaired) electrons. The van der Waals surface area contributed by atoms with E-state index in [2.05, 4.69) is 50.0 Å². The van der Waals surface area contributed by atoms with Gasteiger partial charge in [-0.25, -0.2) is 0 Å². The third-order valence-corrected chi connectivity index (χ3v) is 5.65. The average molecular weight is 395 g/mol. The topological polar surface area (TPSA) is 18.5 Å². The third-order valence-electron chi connectivity index (χ3n) is 5.65. The molecule has 0 atom stereocenters. The summed E-state index contributed by atoms with van der Waals surface area (Å²) in [5.74, 6) is 7.27. The third kappa shape index (κ3) is 3.20. The fourth-order valence-corrected chi connectivity index (χ4v) is 4.09. The minimum atomic E-state index is 0.651. The molecule has 0 spiro atoms. The fourth-order valence-electron chi connectivity index (χ4n) is 4.09. The summed E-state index contributed by atoms with van der Waals surface area (Å²) in [7, 11) is 0. The molecule has 4 aromatic rings. The van der Waals surface area contributed by atoms with Crippen LogP contribution in [0.4, 0.5) is 0 Å². The molecular formula is C28H26O2. The minimum Gasteiger partial charge on any atom is -0.489 e. The Labute approximate surface area is 178 Å². The summed E-state index contributed by atoms with van der Waals surface area (Å²) >= 11 is 0. The Bertz CT molecular complexity index is 1180. The highest BCUT2D eigenvalue weighted by Crippen LogP contribution is 2.48. The maximum absolute atomic E-state index is 6.34. The maximum Gasteiger partial charge on any atom is 0.169 e. The van der Waals surface area contributed by atoms with E-state index in [1.165, 1.54) is 0 Å². The highest BCUT2D eigenvalue weighted by Gasteiger charge is 2.22. The summed E-state index contributed by atoms with van der Waals surface area (Å²) in [6.07, 6.45) is 15.8. The van der Waals surface area contributed by atoms with Gasteiger partial charge in [0.05, 0.1) is 13.2 Å². The lowest BCUT2D eigenvalue weighted by molar-refractivity contribution is 0.267. The number of benzene rings is 4. The molecule has 0 heterocycles. The summed E-state index contributed by atoms with van der Waals surface area (Å²) < 4.78 is 12.7. The zero-order chi connectivity index (χ0) is 21.1. The zero-order valence-corrected chi connectivity index (χ0v) is 17.7. The van der Waals surface area contributed by atoms with Gasteiger partial charge in [-0.15, -0.1) is 12.8 Å². The molecule has 2 nitrogen and oxygen atoms in total. The Morgan fingerprint density at radius 3 is 1.40 bits per heavy atom. The molecule has 2 heteroatoms. The van der Waals surface area contributed by atoms with Crippen molar-refractivity contribution in [2.24, 2.45) is 0 Å². The maximum atomic E-state index is 6.34. The van der Waals surface area contributed by atoms with Crippen molar-refractivity contribution in [2.75, 3.05) is 13.2 Å². The van der Waals surface area contributed by atoms with Gasteiger partial charge in [-0.1, -0.05) is 50.7 Å². The molecule has 0 fully saturated rings. The van der Waals surface area contributed by atoms with E-state index in [4.69, 9.17) is 22.3 Å². The van der Waals surface area contributed by atoms with E-state index in [0.717, 1.165) is 80.6 Å². The molecule has 0 aromatic heterocycles. The van der Waals surface area contributed by atoms with Gasteiger partial charge in [0.2, 0.25) is 0 Å². The van der Waals surface area contributed by atoms with Crippen LogP contribution in [0, 0.1) is 24.7 Å². The lowest BCUT2D eigenvalue weighted by Gasteiger charge is -2.21. The first-order valence-electron chi connectivity index (χ1n) is 10.7. The largest absolute Gasteiger partial charge is 0.489 e. The van der Waals surface area contributed by atoms with E-state index in [1.807, 2.05) is 12.1 Å². The van der Waals surface area contributed by atoms with Gasteiger partial charge in [0.1, 0.15) is 0 Å². The van der Waals surface area contributed by atoms with Gasteiger partial charge in [-0.05, 0) is 47.9 Å². The van der Waals surface area contributed by atoms with Crippen LogP contribution in [0.15, 0.2) is 36.4 Å². The van der Waals surface area contributed by atoms with Crippen molar-refractivity contribution in [3.05, 3.63) is 47.5 Å². The zero-order valence-electron chi connectivity index (χ0n) is 17.7. The van der Waals surface area contributed by atoms with Gasteiger partial charge in [0.25, 0.3) is 0 Å². The second-order valence-electron chi connectivity index (χ2n) is 7.58.